The molecule has 0 unspecified atom stereocenters. The molecular formula is C24H22O4. The highest BCUT2D eigenvalue weighted by molar-refractivity contribution is 6.03. The Morgan fingerprint density at radius 3 is 1.25 bits per heavy atom. The van der Waals surface area contributed by atoms with E-state index in [2.05, 4.69) is 0 Å². The number of esters is 2. The number of hydrogen-bond donors (Lipinski definition) is 0. The molecule has 4 heteroatoms. The molecule has 0 saturated heterocycles. The summed E-state index contributed by atoms with van der Waals surface area (Å²) >= 11 is 0. The Morgan fingerprint density at radius 2 is 0.893 bits per heavy atom. The van der Waals surface area contributed by atoms with Crippen molar-refractivity contribution in [2.24, 2.45) is 0 Å². The molecule has 0 fully saturated rings. The molecule has 0 bridgehead atoms. The van der Waals surface area contributed by atoms with E-state index in [1.807, 2.05) is 60.7 Å². The topological polar surface area (TPSA) is 52.6 Å². The SMILES string of the molecule is C[C@H](OC(=O)c1ccccc1C(=O)O[C@@H](C)c1ccccc1)c1ccccc1. The molecule has 2 atom stereocenters. The molecule has 0 radical (unpaired) electrons. The molecule has 28 heavy (non-hydrogen) atoms. The summed E-state index contributed by atoms with van der Waals surface area (Å²) in [5, 5.41) is 0. The number of carbonyl (C=O) groups excluding carboxylic acids is 2. The van der Waals surface area contributed by atoms with Crippen LogP contribution in [-0.4, -0.2) is 11.9 Å². The first kappa shape index (κ1) is 19.4. The number of benzene rings is 3. The monoisotopic (exact) mass is 374 g/mol. The van der Waals surface area contributed by atoms with Crippen molar-refractivity contribution >= 4 is 11.9 Å². The second-order valence-corrected chi connectivity index (χ2v) is 6.46. The van der Waals surface area contributed by atoms with Crippen LogP contribution >= 0.6 is 0 Å². The van der Waals surface area contributed by atoms with Crippen LogP contribution in [0.5, 0.6) is 0 Å². The quantitative estimate of drug-likeness (QED) is 0.533. The normalized spacial score (nSPS) is 12.6. The lowest BCUT2D eigenvalue weighted by Gasteiger charge is -2.17. The van der Waals surface area contributed by atoms with Crippen LogP contribution in [0.1, 0.15) is 57.9 Å². The first-order valence-electron chi connectivity index (χ1n) is 9.17. The van der Waals surface area contributed by atoms with Gasteiger partial charge in [0.05, 0.1) is 11.1 Å². The first-order chi connectivity index (χ1) is 13.6. The summed E-state index contributed by atoms with van der Waals surface area (Å²) in [5.74, 6) is -1.12. The van der Waals surface area contributed by atoms with Crippen molar-refractivity contribution in [2.75, 3.05) is 0 Å². The van der Waals surface area contributed by atoms with Gasteiger partial charge in [0.1, 0.15) is 12.2 Å². The van der Waals surface area contributed by atoms with Gasteiger partial charge in [-0.1, -0.05) is 72.8 Å². The summed E-state index contributed by atoms with van der Waals surface area (Å²) in [6.07, 6.45) is -0.859. The van der Waals surface area contributed by atoms with Gasteiger partial charge in [-0.2, -0.15) is 0 Å². The zero-order chi connectivity index (χ0) is 19.9. The maximum Gasteiger partial charge on any atom is 0.339 e. The van der Waals surface area contributed by atoms with Crippen LogP contribution in [0.3, 0.4) is 0 Å². The van der Waals surface area contributed by atoms with E-state index in [9.17, 15) is 9.59 Å². The van der Waals surface area contributed by atoms with Crippen LogP contribution in [-0.2, 0) is 9.47 Å². The zero-order valence-electron chi connectivity index (χ0n) is 15.9. The molecule has 4 nitrogen and oxygen atoms in total. The molecule has 0 aromatic heterocycles. The summed E-state index contributed by atoms with van der Waals surface area (Å²) in [4.78, 5) is 25.4. The highest BCUT2D eigenvalue weighted by atomic mass is 16.5. The van der Waals surface area contributed by atoms with Gasteiger partial charge in [-0.05, 0) is 37.1 Å². The Bertz CT molecular complexity index is 857. The van der Waals surface area contributed by atoms with E-state index in [-0.39, 0.29) is 11.1 Å². The predicted molar refractivity (Wildman–Crippen MR) is 107 cm³/mol. The minimum Gasteiger partial charge on any atom is -0.454 e. The van der Waals surface area contributed by atoms with Crippen LogP contribution in [0.25, 0.3) is 0 Å². The molecule has 0 saturated carbocycles. The second kappa shape index (κ2) is 9.00. The molecular weight excluding hydrogens is 352 g/mol. The van der Waals surface area contributed by atoms with Gasteiger partial charge in [0.2, 0.25) is 0 Å². The van der Waals surface area contributed by atoms with Gasteiger partial charge in [-0.15, -0.1) is 0 Å². The summed E-state index contributed by atoms with van der Waals surface area (Å²) in [7, 11) is 0. The minimum atomic E-state index is -0.559. The molecule has 0 amide bonds. The molecule has 0 N–H and O–H groups in total. The van der Waals surface area contributed by atoms with Crippen molar-refractivity contribution in [3.63, 3.8) is 0 Å². The van der Waals surface area contributed by atoms with E-state index in [4.69, 9.17) is 9.47 Å². The first-order valence-corrected chi connectivity index (χ1v) is 9.17. The zero-order valence-corrected chi connectivity index (χ0v) is 15.9. The van der Waals surface area contributed by atoms with Gasteiger partial charge in [0, 0.05) is 0 Å². The highest BCUT2D eigenvalue weighted by Gasteiger charge is 2.22. The lowest BCUT2D eigenvalue weighted by atomic mass is 10.1. The van der Waals surface area contributed by atoms with E-state index in [1.54, 1.807) is 38.1 Å². The summed E-state index contributed by atoms with van der Waals surface area (Å²) in [5.41, 5.74) is 2.15. The van der Waals surface area contributed by atoms with Crippen molar-refractivity contribution in [1.29, 1.82) is 0 Å². The molecule has 0 aliphatic heterocycles. The Balaban J connectivity index is 1.75. The van der Waals surface area contributed by atoms with Gasteiger partial charge >= 0.3 is 11.9 Å². The lowest BCUT2D eigenvalue weighted by Crippen LogP contribution is -2.16. The Hall–Kier alpha value is -3.40. The summed E-state index contributed by atoms with van der Waals surface area (Å²) in [6.45, 7) is 3.59. The smallest absolute Gasteiger partial charge is 0.339 e. The van der Waals surface area contributed by atoms with Crippen molar-refractivity contribution in [2.45, 2.75) is 26.1 Å². The van der Waals surface area contributed by atoms with Gasteiger partial charge in [-0.3, -0.25) is 0 Å². The highest BCUT2D eigenvalue weighted by Crippen LogP contribution is 2.22. The summed E-state index contributed by atoms with van der Waals surface area (Å²) in [6, 6.07) is 25.4. The van der Waals surface area contributed by atoms with Crippen molar-refractivity contribution in [1.82, 2.24) is 0 Å². The van der Waals surface area contributed by atoms with E-state index >= 15 is 0 Å². The largest absolute Gasteiger partial charge is 0.454 e. The van der Waals surface area contributed by atoms with Gasteiger partial charge < -0.3 is 9.47 Å². The molecule has 3 aromatic rings. The molecule has 142 valence electrons. The van der Waals surface area contributed by atoms with Crippen LogP contribution in [0.15, 0.2) is 84.9 Å². The lowest BCUT2D eigenvalue weighted by molar-refractivity contribution is 0.0288. The number of rotatable bonds is 6. The fourth-order valence-electron chi connectivity index (χ4n) is 2.87. The van der Waals surface area contributed by atoms with Crippen molar-refractivity contribution in [3.05, 3.63) is 107 Å². The maximum atomic E-state index is 12.7. The third-order valence-corrected chi connectivity index (χ3v) is 4.47. The van der Waals surface area contributed by atoms with Crippen LogP contribution < -0.4 is 0 Å². The molecule has 0 heterocycles. The van der Waals surface area contributed by atoms with Crippen LogP contribution in [0.4, 0.5) is 0 Å². The number of ether oxygens (including phenoxy) is 2. The van der Waals surface area contributed by atoms with Crippen LogP contribution in [0, 0.1) is 0 Å². The second-order valence-electron chi connectivity index (χ2n) is 6.46. The predicted octanol–water partition coefficient (Wildman–Crippen LogP) is 5.52. The third-order valence-electron chi connectivity index (χ3n) is 4.47. The van der Waals surface area contributed by atoms with Gasteiger partial charge in [0.15, 0.2) is 0 Å². The molecule has 0 aliphatic rings. The maximum absolute atomic E-state index is 12.7. The Labute approximate surface area is 164 Å². The average Bonchev–Trinajstić information content (AvgIpc) is 2.74. The fourth-order valence-corrected chi connectivity index (χ4v) is 2.87. The van der Waals surface area contributed by atoms with Gasteiger partial charge in [0.25, 0.3) is 0 Å². The Morgan fingerprint density at radius 1 is 0.571 bits per heavy atom. The third kappa shape index (κ3) is 4.65. The molecule has 3 aromatic carbocycles. The van der Waals surface area contributed by atoms with E-state index in [1.165, 1.54) is 0 Å². The average molecular weight is 374 g/mol. The number of hydrogen-bond acceptors (Lipinski definition) is 4. The van der Waals surface area contributed by atoms with Crippen LogP contribution in [0.2, 0.25) is 0 Å². The van der Waals surface area contributed by atoms with Crippen molar-refractivity contribution in [3.8, 4) is 0 Å². The molecule has 0 aliphatic carbocycles. The molecule has 0 spiro atoms. The minimum absolute atomic E-state index is 0.190. The van der Waals surface area contributed by atoms with Crippen molar-refractivity contribution < 1.29 is 19.1 Å². The fraction of sp³-hybridized carbons (Fsp3) is 0.167. The van der Waals surface area contributed by atoms with E-state index in [0.717, 1.165) is 11.1 Å². The van der Waals surface area contributed by atoms with Gasteiger partial charge in [-0.25, -0.2) is 9.59 Å². The van der Waals surface area contributed by atoms with E-state index < -0.39 is 24.1 Å². The standard InChI is InChI=1S/C24H22O4/c1-17(19-11-5-3-6-12-19)27-23(25)21-15-9-10-16-22(21)24(26)28-18(2)20-13-7-4-8-14-20/h3-18H,1-2H3/t17-,18-/m0/s1. The Kier molecular flexibility index (Phi) is 6.22. The molecule has 3 rings (SSSR count). The number of carbonyl (C=O) groups is 2. The van der Waals surface area contributed by atoms with E-state index in [0.29, 0.717) is 0 Å². The summed E-state index contributed by atoms with van der Waals surface area (Å²) < 4.78 is 11.1.